The first-order valence-corrected chi connectivity index (χ1v) is 7.69. The summed E-state index contributed by atoms with van der Waals surface area (Å²) in [7, 11) is 0. The van der Waals surface area contributed by atoms with Gasteiger partial charge in [-0.1, -0.05) is 28.1 Å². The van der Waals surface area contributed by atoms with E-state index < -0.39 is 0 Å². The zero-order valence-corrected chi connectivity index (χ0v) is 12.1. The van der Waals surface area contributed by atoms with Crippen molar-refractivity contribution in [2.45, 2.75) is 4.90 Å². The van der Waals surface area contributed by atoms with Crippen molar-refractivity contribution in [3.05, 3.63) is 29.8 Å². The summed E-state index contributed by atoms with van der Waals surface area (Å²) in [6.07, 6.45) is 1.96. The van der Waals surface area contributed by atoms with Gasteiger partial charge in [0.25, 0.3) is 5.91 Å². The van der Waals surface area contributed by atoms with E-state index in [-0.39, 0.29) is 5.91 Å². The molecule has 1 aromatic rings. The molecule has 5 heteroatoms. The van der Waals surface area contributed by atoms with Gasteiger partial charge in [-0.05, 0) is 18.4 Å². The van der Waals surface area contributed by atoms with E-state index in [1.807, 2.05) is 30.5 Å². The van der Waals surface area contributed by atoms with E-state index >= 15 is 0 Å². The van der Waals surface area contributed by atoms with E-state index in [4.69, 9.17) is 4.74 Å². The highest BCUT2D eigenvalue weighted by Gasteiger charge is 2.08. The van der Waals surface area contributed by atoms with Crippen LogP contribution in [0.1, 0.15) is 10.4 Å². The molecule has 1 aromatic carbocycles. The van der Waals surface area contributed by atoms with Gasteiger partial charge in [-0.2, -0.15) is 0 Å². The normalized spacial score (nSPS) is 10.2. The van der Waals surface area contributed by atoms with Gasteiger partial charge in [0.05, 0.1) is 18.8 Å². The van der Waals surface area contributed by atoms with Gasteiger partial charge in [-0.25, -0.2) is 0 Å². The summed E-state index contributed by atoms with van der Waals surface area (Å²) in [5, 5.41) is 3.66. The van der Waals surface area contributed by atoms with Crippen LogP contribution in [0.4, 0.5) is 0 Å². The molecule has 1 N–H and O–H groups in total. The molecule has 1 amide bonds. The lowest BCUT2D eigenvalue weighted by Gasteiger charge is -2.08. The molecule has 0 spiro atoms. The predicted molar refractivity (Wildman–Crippen MR) is 75.2 cm³/mol. The number of rotatable bonds is 7. The number of hydrogen-bond donors (Lipinski definition) is 1. The zero-order chi connectivity index (χ0) is 12.5. The third kappa shape index (κ3) is 5.10. The van der Waals surface area contributed by atoms with E-state index in [1.165, 1.54) is 0 Å². The molecule has 0 saturated heterocycles. The number of nitrogens with one attached hydrogen (secondary N) is 1. The van der Waals surface area contributed by atoms with Crippen molar-refractivity contribution in [3.8, 4) is 0 Å². The van der Waals surface area contributed by atoms with Gasteiger partial charge in [0.15, 0.2) is 0 Å². The Morgan fingerprint density at radius 2 is 2.18 bits per heavy atom. The standard InChI is InChI=1S/C12H16BrNO2S/c1-17-11-5-3-2-4-10(11)12(15)14-7-9-16-8-6-13/h2-5H,6-9H2,1H3,(H,14,15). The van der Waals surface area contributed by atoms with Crippen LogP contribution in [-0.2, 0) is 4.74 Å². The molecule has 0 saturated carbocycles. The van der Waals surface area contributed by atoms with E-state index in [0.29, 0.717) is 19.8 Å². The SMILES string of the molecule is CSc1ccccc1C(=O)NCCOCCBr. The molecule has 0 radical (unpaired) electrons. The number of carbonyl (C=O) groups is 1. The molecule has 94 valence electrons. The van der Waals surface area contributed by atoms with Crippen molar-refractivity contribution < 1.29 is 9.53 Å². The minimum absolute atomic E-state index is 0.0441. The molecule has 0 heterocycles. The lowest BCUT2D eigenvalue weighted by Crippen LogP contribution is -2.27. The second kappa shape index (κ2) is 8.55. The van der Waals surface area contributed by atoms with Crippen LogP contribution in [0.5, 0.6) is 0 Å². The maximum absolute atomic E-state index is 11.9. The minimum Gasteiger partial charge on any atom is -0.379 e. The van der Waals surface area contributed by atoms with Crippen LogP contribution in [0.3, 0.4) is 0 Å². The number of thioether (sulfide) groups is 1. The van der Waals surface area contributed by atoms with Gasteiger partial charge in [0, 0.05) is 16.8 Å². The predicted octanol–water partition coefficient (Wildman–Crippen LogP) is 2.55. The number of ether oxygens (including phenoxy) is 1. The third-order valence-electron chi connectivity index (χ3n) is 2.11. The quantitative estimate of drug-likeness (QED) is 0.477. The molecule has 0 aliphatic rings. The van der Waals surface area contributed by atoms with E-state index in [2.05, 4.69) is 21.2 Å². The van der Waals surface area contributed by atoms with Crippen molar-refractivity contribution in [2.24, 2.45) is 0 Å². The summed E-state index contributed by atoms with van der Waals surface area (Å²) in [6.45, 7) is 1.74. The van der Waals surface area contributed by atoms with Gasteiger partial charge in [-0.15, -0.1) is 11.8 Å². The maximum Gasteiger partial charge on any atom is 0.252 e. The zero-order valence-electron chi connectivity index (χ0n) is 9.74. The van der Waals surface area contributed by atoms with Crippen LogP contribution in [0, 0.1) is 0 Å². The molecule has 0 fully saturated rings. The van der Waals surface area contributed by atoms with Crippen LogP contribution < -0.4 is 5.32 Å². The van der Waals surface area contributed by atoms with Gasteiger partial charge >= 0.3 is 0 Å². The maximum atomic E-state index is 11.9. The van der Waals surface area contributed by atoms with Crippen molar-refractivity contribution >= 4 is 33.6 Å². The highest BCUT2D eigenvalue weighted by molar-refractivity contribution is 9.09. The smallest absolute Gasteiger partial charge is 0.252 e. The highest BCUT2D eigenvalue weighted by Crippen LogP contribution is 2.19. The van der Waals surface area contributed by atoms with Crippen LogP contribution >= 0.6 is 27.7 Å². The summed E-state index contributed by atoms with van der Waals surface area (Å²) < 4.78 is 5.26. The number of carbonyl (C=O) groups excluding carboxylic acids is 1. The summed E-state index contributed by atoms with van der Waals surface area (Å²) >= 11 is 4.84. The fraction of sp³-hybridized carbons (Fsp3) is 0.417. The van der Waals surface area contributed by atoms with Crippen molar-refractivity contribution in [1.29, 1.82) is 0 Å². The van der Waals surface area contributed by atoms with Crippen molar-refractivity contribution in [3.63, 3.8) is 0 Å². The second-order valence-corrected chi connectivity index (χ2v) is 4.90. The van der Waals surface area contributed by atoms with E-state index in [1.54, 1.807) is 11.8 Å². The Bertz CT molecular complexity index is 360. The lowest BCUT2D eigenvalue weighted by atomic mass is 10.2. The Kier molecular flexibility index (Phi) is 7.32. The monoisotopic (exact) mass is 317 g/mol. The Morgan fingerprint density at radius 1 is 1.41 bits per heavy atom. The first-order valence-electron chi connectivity index (χ1n) is 5.34. The van der Waals surface area contributed by atoms with E-state index in [0.717, 1.165) is 15.8 Å². The molecular weight excluding hydrogens is 302 g/mol. The number of halogens is 1. The van der Waals surface area contributed by atoms with Gasteiger partial charge in [0.2, 0.25) is 0 Å². The second-order valence-electron chi connectivity index (χ2n) is 3.26. The first kappa shape index (κ1) is 14.5. The topological polar surface area (TPSA) is 38.3 Å². The lowest BCUT2D eigenvalue weighted by molar-refractivity contribution is 0.0921. The number of alkyl halides is 1. The summed E-state index contributed by atoms with van der Waals surface area (Å²) in [5.41, 5.74) is 0.723. The van der Waals surface area contributed by atoms with Crippen molar-refractivity contribution in [1.82, 2.24) is 5.32 Å². The first-order chi connectivity index (χ1) is 8.29. The van der Waals surface area contributed by atoms with Crippen LogP contribution in [-0.4, -0.2) is 37.3 Å². The van der Waals surface area contributed by atoms with Crippen LogP contribution in [0.2, 0.25) is 0 Å². The Hall–Kier alpha value is -0.520. The van der Waals surface area contributed by atoms with E-state index in [9.17, 15) is 4.79 Å². The average molecular weight is 318 g/mol. The fourth-order valence-electron chi connectivity index (χ4n) is 1.32. The minimum atomic E-state index is -0.0441. The molecule has 17 heavy (non-hydrogen) atoms. The molecule has 0 aromatic heterocycles. The summed E-state index contributed by atoms with van der Waals surface area (Å²) in [5.74, 6) is -0.0441. The number of benzene rings is 1. The molecule has 1 rings (SSSR count). The van der Waals surface area contributed by atoms with Gasteiger partial charge < -0.3 is 10.1 Å². The van der Waals surface area contributed by atoms with Gasteiger partial charge in [0.1, 0.15) is 0 Å². The molecule has 0 aliphatic heterocycles. The Labute approximate surface area is 114 Å². The molecule has 0 atom stereocenters. The van der Waals surface area contributed by atoms with Crippen molar-refractivity contribution in [2.75, 3.05) is 31.3 Å². The molecular formula is C12H16BrNO2S. The molecule has 3 nitrogen and oxygen atoms in total. The molecule has 0 bridgehead atoms. The molecule has 0 unspecified atom stereocenters. The van der Waals surface area contributed by atoms with Crippen LogP contribution in [0.15, 0.2) is 29.2 Å². The summed E-state index contributed by atoms with van der Waals surface area (Å²) in [4.78, 5) is 12.9. The van der Waals surface area contributed by atoms with Crippen LogP contribution in [0.25, 0.3) is 0 Å². The van der Waals surface area contributed by atoms with Gasteiger partial charge in [-0.3, -0.25) is 4.79 Å². The Morgan fingerprint density at radius 3 is 2.88 bits per heavy atom. The number of amides is 1. The molecule has 0 aliphatic carbocycles. The third-order valence-corrected chi connectivity index (χ3v) is 3.22. The fourth-order valence-corrected chi connectivity index (χ4v) is 2.15. The average Bonchev–Trinajstić information content (AvgIpc) is 2.38. The summed E-state index contributed by atoms with van der Waals surface area (Å²) in [6, 6.07) is 7.58. The largest absolute Gasteiger partial charge is 0.379 e. The Balaban J connectivity index is 2.41. The highest BCUT2D eigenvalue weighted by atomic mass is 79.9. The number of hydrogen-bond acceptors (Lipinski definition) is 3.